The Hall–Kier alpha value is -2.14. The summed E-state index contributed by atoms with van der Waals surface area (Å²) in [5, 5.41) is 0.704. The molecule has 1 atom stereocenters. The van der Waals surface area contributed by atoms with Crippen LogP contribution in [-0.4, -0.2) is 9.55 Å². The molecule has 0 saturated carbocycles. The second kappa shape index (κ2) is 4.95. The van der Waals surface area contributed by atoms with Gasteiger partial charge >= 0.3 is 5.69 Å². The largest absolute Gasteiger partial charge is 0.334 e. The number of hydrogen-bond donors (Lipinski definition) is 1. The highest BCUT2D eigenvalue weighted by Gasteiger charge is 2.23. The summed E-state index contributed by atoms with van der Waals surface area (Å²) in [7, 11) is 0. The van der Waals surface area contributed by atoms with Crippen LogP contribution in [0.15, 0.2) is 39.9 Å². The van der Waals surface area contributed by atoms with Gasteiger partial charge in [-0.25, -0.2) is 9.36 Å². The van der Waals surface area contributed by atoms with E-state index in [1.807, 2.05) is 18.2 Å². The Labute approximate surface area is 131 Å². The molecule has 0 spiro atoms. The lowest BCUT2D eigenvalue weighted by molar-refractivity contribution is 0.509. The molecule has 0 bridgehead atoms. The van der Waals surface area contributed by atoms with Crippen LogP contribution in [-0.2, 0) is 12.8 Å². The number of fused-ring (bicyclic) bond motifs is 3. The van der Waals surface area contributed by atoms with E-state index < -0.39 is 0 Å². The van der Waals surface area contributed by atoms with Crippen molar-refractivity contribution in [3.63, 3.8) is 0 Å². The van der Waals surface area contributed by atoms with E-state index in [-0.39, 0.29) is 11.2 Å². The van der Waals surface area contributed by atoms with E-state index in [2.05, 4.69) is 11.9 Å². The van der Waals surface area contributed by atoms with Crippen LogP contribution in [0.4, 0.5) is 0 Å². The van der Waals surface area contributed by atoms with Crippen molar-refractivity contribution in [2.24, 2.45) is 5.92 Å². The van der Waals surface area contributed by atoms with Crippen LogP contribution in [0.5, 0.6) is 0 Å². The fourth-order valence-corrected chi connectivity index (χ4v) is 4.63. The zero-order chi connectivity index (χ0) is 15.3. The highest BCUT2D eigenvalue weighted by molar-refractivity contribution is 7.18. The van der Waals surface area contributed by atoms with Crippen molar-refractivity contribution in [3.8, 4) is 5.69 Å². The second-order valence-corrected chi connectivity index (χ2v) is 7.07. The quantitative estimate of drug-likeness (QED) is 0.751. The fourth-order valence-electron chi connectivity index (χ4n) is 3.23. The molecule has 1 aromatic carbocycles. The van der Waals surface area contributed by atoms with Gasteiger partial charge in [0.1, 0.15) is 4.83 Å². The molecule has 0 radical (unpaired) electrons. The maximum atomic E-state index is 12.9. The monoisotopic (exact) mass is 312 g/mol. The number of rotatable bonds is 1. The van der Waals surface area contributed by atoms with Crippen LogP contribution >= 0.6 is 11.3 Å². The minimum absolute atomic E-state index is 0.197. The van der Waals surface area contributed by atoms with Crippen LogP contribution in [0.25, 0.3) is 15.9 Å². The molecule has 2 aromatic heterocycles. The lowest BCUT2D eigenvalue weighted by atomic mass is 9.89. The molecular weight excluding hydrogens is 296 g/mol. The molecule has 22 heavy (non-hydrogen) atoms. The lowest BCUT2D eigenvalue weighted by Gasteiger charge is -2.17. The summed E-state index contributed by atoms with van der Waals surface area (Å²) in [6.45, 7) is 2.23. The van der Waals surface area contributed by atoms with E-state index >= 15 is 0 Å². The van der Waals surface area contributed by atoms with Gasteiger partial charge in [0.05, 0.1) is 11.1 Å². The first-order valence-electron chi connectivity index (χ1n) is 7.50. The summed E-state index contributed by atoms with van der Waals surface area (Å²) in [4.78, 5) is 30.1. The van der Waals surface area contributed by atoms with Crippen LogP contribution in [0.3, 0.4) is 0 Å². The van der Waals surface area contributed by atoms with E-state index in [1.165, 1.54) is 9.44 Å². The molecule has 0 unspecified atom stereocenters. The molecule has 4 nitrogen and oxygen atoms in total. The van der Waals surface area contributed by atoms with Crippen molar-refractivity contribution < 1.29 is 0 Å². The average molecular weight is 312 g/mol. The van der Waals surface area contributed by atoms with Gasteiger partial charge in [0.2, 0.25) is 0 Å². The summed E-state index contributed by atoms with van der Waals surface area (Å²) in [5.74, 6) is 0.642. The Kier molecular flexibility index (Phi) is 3.04. The number of H-pyrrole nitrogens is 1. The third-order valence-corrected chi connectivity index (χ3v) is 5.54. The van der Waals surface area contributed by atoms with Gasteiger partial charge in [-0.1, -0.05) is 25.1 Å². The van der Waals surface area contributed by atoms with Gasteiger partial charge in [0, 0.05) is 4.88 Å². The molecule has 0 fully saturated rings. The number of nitrogens with zero attached hydrogens (tertiary/aromatic N) is 1. The summed E-state index contributed by atoms with van der Waals surface area (Å²) in [5.41, 5.74) is 1.19. The molecule has 0 saturated heterocycles. The topological polar surface area (TPSA) is 54.9 Å². The first-order valence-corrected chi connectivity index (χ1v) is 8.32. The van der Waals surface area contributed by atoms with Gasteiger partial charge in [-0.05, 0) is 42.9 Å². The highest BCUT2D eigenvalue weighted by atomic mass is 32.1. The molecule has 5 heteroatoms. The Morgan fingerprint density at radius 2 is 2.00 bits per heavy atom. The first-order chi connectivity index (χ1) is 10.6. The standard InChI is InChI=1S/C17H16N2O2S/c1-10-7-8-12-13(9-10)22-15-14(12)16(20)19(17(21)18-15)11-5-3-2-4-6-11/h2-6,10H,7-9H2,1H3,(H,18,21)/t10-/m1/s1. The summed E-state index contributed by atoms with van der Waals surface area (Å²) < 4.78 is 1.24. The van der Waals surface area contributed by atoms with Crippen molar-refractivity contribution >= 4 is 21.6 Å². The second-order valence-electron chi connectivity index (χ2n) is 5.96. The normalized spacial score (nSPS) is 17.6. The number of para-hydroxylation sites is 1. The number of aromatic amines is 1. The van der Waals surface area contributed by atoms with Crippen LogP contribution < -0.4 is 11.2 Å². The minimum atomic E-state index is -0.365. The maximum absolute atomic E-state index is 12.9. The molecule has 3 aromatic rings. The van der Waals surface area contributed by atoms with Crippen molar-refractivity contribution in [2.75, 3.05) is 0 Å². The molecular formula is C17H16N2O2S. The number of hydrogen-bond acceptors (Lipinski definition) is 3. The van der Waals surface area contributed by atoms with Crippen molar-refractivity contribution in [1.82, 2.24) is 9.55 Å². The van der Waals surface area contributed by atoms with Gasteiger partial charge in [-0.2, -0.15) is 0 Å². The Balaban J connectivity index is 2.05. The Bertz CT molecular complexity index is 966. The van der Waals surface area contributed by atoms with E-state index in [1.54, 1.807) is 23.5 Å². The zero-order valence-corrected chi connectivity index (χ0v) is 13.1. The third-order valence-electron chi connectivity index (χ3n) is 4.37. The van der Waals surface area contributed by atoms with Crippen molar-refractivity contribution in [3.05, 3.63) is 61.6 Å². The van der Waals surface area contributed by atoms with E-state index in [0.29, 0.717) is 17.0 Å². The minimum Gasteiger partial charge on any atom is -0.298 e. The number of benzene rings is 1. The summed E-state index contributed by atoms with van der Waals surface area (Å²) in [6, 6.07) is 9.09. The SMILES string of the molecule is C[C@@H]1CCc2c(sc3[nH]c(=O)n(-c4ccccc4)c(=O)c23)C1. The summed E-state index contributed by atoms with van der Waals surface area (Å²) in [6.07, 6.45) is 3.02. The third kappa shape index (κ3) is 1.96. The number of aryl methyl sites for hydroxylation is 1. The molecule has 1 N–H and O–H groups in total. The van der Waals surface area contributed by atoms with Crippen LogP contribution in [0, 0.1) is 5.92 Å². The molecule has 2 heterocycles. The predicted molar refractivity (Wildman–Crippen MR) is 89.2 cm³/mol. The Morgan fingerprint density at radius 3 is 2.77 bits per heavy atom. The van der Waals surface area contributed by atoms with E-state index in [0.717, 1.165) is 29.7 Å². The van der Waals surface area contributed by atoms with Crippen LogP contribution in [0.2, 0.25) is 0 Å². The van der Waals surface area contributed by atoms with Crippen LogP contribution in [0.1, 0.15) is 23.8 Å². The molecule has 4 rings (SSSR count). The lowest BCUT2D eigenvalue weighted by Crippen LogP contribution is -2.33. The Morgan fingerprint density at radius 1 is 1.23 bits per heavy atom. The molecule has 1 aliphatic carbocycles. The number of aromatic nitrogens is 2. The molecule has 0 amide bonds. The number of thiophene rings is 1. The average Bonchev–Trinajstić information content (AvgIpc) is 2.85. The number of nitrogens with one attached hydrogen (secondary N) is 1. The van der Waals surface area contributed by atoms with Gasteiger partial charge in [-0.3, -0.25) is 9.78 Å². The molecule has 0 aliphatic heterocycles. The summed E-state index contributed by atoms with van der Waals surface area (Å²) >= 11 is 1.57. The smallest absolute Gasteiger partial charge is 0.298 e. The van der Waals surface area contributed by atoms with Gasteiger partial charge in [0.25, 0.3) is 5.56 Å². The van der Waals surface area contributed by atoms with Crippen molar-refractivity contribution in [1.29, 1.82) is 0 Å². The molecule has 112 valence electrons. The molecule has 1 aliphatic rings. The van der Waals surface area contributed by atoms with Gasteiger partial charge in [0.15, 0.2) is 0 Å². The van der Waals surface area contributed by atoms with Crippen molar-refractivity contribution in [2.45, 2.75) is 26.2 Å². The first kappa shape index (κ1) is 13.5. The van der Waals surface area contributed by atoms with E-state index in [4.69, 9.17) is 0 Å². The predicted octanol–water partition coefficient (Wildman–Crippen LogP) is 2.87. The maximum Gasteiger partial charge on any atom is 0.334 e. The fraction of sp³-hybridized carbons (Fsp3) is 0.294. The van der Waals surface area contributed by atoms with Gasteiger partial charge < -0.3 is 0 Å². The highest BCUT2D eigenvalue weighted by Crippen LogP contribution is 2.35. The zero-order valence-electron chi connectivity index (χ0n) is 12.3. The van der Waals surface area contributed by atoms with E-state index in [9.17, 15) is 9.59 Å². The van der Waals surface area contributed by atoms with Gasteiger partial charge in [-0.15, -0.1) is 11.3 Å².